The number of aromatic hydroxyl groups is 1. The molecule has 0 aliphatic carbocycles. The van der Waals surface area contributed by atoms with E-state index in [9.17, 15) is 102 Å². The summed E-state index contributed by atoms with van der Waals surface area (Å²) in [5.41, 5.74) is 34.9. The minimum absolute atomic E-state index is 0.0105. The van der Waals surface area contributed by atoms with Crippen molar-refractivity contribution in [3.05, 3.63) is 65.7 Å². The van der Waals surface area contributed by atoms with Crippen molar-refractivity contribution in [3.63, 3.8) is 0 Å². The number of hydrogen-bond acceptors (Lipinski definition) is 24. The van der Waals surface area contributed by atoms with Gasteiger partial charge < -0.3 is 129 Å². The Morgan fingerprint density at radius 3 is 1.53 bits per heavy atom. The topological polar surface area (TPSA) is 703 Å². The summed E-state index contributed by atoms with van der Waals surface area (Å²) in [6.45, 7) is 8.49. The van der Waals surface area contributed by atoms with Crippen LogP contribution in [0.5, 0.6) is 5.75 Å². The highest BCUT2D eigenvalue weighted by Crippen LogP contribution is 2.26. The maximum absolute atomic E-state index is 14.4. The Morgan fingerprint density at radius 2 is 1.01 bits per heavy atom. The fourth-order valence-corrected chi connectivity index (χ4v) is 13.4. The third kappa shape index (κ3) is 36.8. The molecule has 42 nitrogen and oxygen atoms in total. The van der Waals surface area contributed by atoms with E-state index in [1.807, 2.05) is 0 Å². The molecule has 2 aromatic rings. The van der Waals surface area contributed by atoms with E-state index in [4.69, 9.17) is 34.4 Å². The second-order valence-electron chi connectivity index (χ2n) is 30.3. The first kappa shape index (κ1) is 104. The standard InChI is InChI=1S/C77H123N21O21S2/c1-8-41(6)62(97-71(114)57(17-13-28-86-77(82)83)98-42(7)30-48(78)74(98)117)73(116)96-61(40(4)5)72(115)90-50(23-24-58(79)102)67(110)95-56(38-121)70(113)89-49(16-12-27-85-76(80)81)66(109)93-54(36-100)69(112)91-51(39(2)3)33-45(20-25-60(104)105)63(106)87-34-59(103)88-53(35-99)68(111)94-55(37-120)65(108)84-29-26-46(31-43-14-10-9-11-15-43)64(107)92-52(75(118)119)32-44-18-21-47(101)22-19-44/h9-11,14-15,18-19,21-22,39-42,45-46,48-57,61-62,99-101,120-121H,8,12-13,16-17,20,23-38,78H2,1-7H3,(H2,79,102)(H,84,108)(H,87,106)(H,88,103)(H,89,113)(H,90,115)(H,91,112)(H,92,107)(H,93,109)(H,94,111)(H,95,110)(H,96,116)(H,97,114)(H,104,105)(H,118,119)(H4,80,81,85)(H4,82,83,86)/t41-,42?,45+,46?,48-,49-,50-,51+,52-,53-,54?,55-,56-,57-,61-,62-/m0/s1. The summed E-state index contributed by atoms with van der Waals surface area (Å²) < 4.78 is 0. The number of phenolic OH excluding ortho intramolecular Hbond substituents is 1. The highest BCUT2D eigenvalue weighted by atomic mass is 32.1. The predicted octanol–water partition coefficient (Wildman–Crippen LogP) is -5.89. The summed E-state index contributed by atoms with van der Waals surface area (Å²) in [5, 5.41) is 80.4. The Kier molecular flexibility index (Phi) is 46.0. The molecule has 121 heavy (non-hydrogen) atoms. The average Bonchev–Trinajstić information content (AvgIpc) is 1.70. The largest absolute Gasteiger partial charge is 0.508 e. The van der Waals surface area contributed by atoms with Crippen molar-refractivity contribution in [2.24, 2.45) is 74.0 Å². The first-order valence-electron chi connectivity index (χ1n) is 39.8. The van der Waals surface area contributed by atoms with Crippen LogP contribution in [0.2, 0.25) is 0 Å². The van der Waals surface area contributed by atoms with Crippen LogP contribution in [0.4, 0.5) is 0 Å². The van der Waals surface area contributed by atoms with E-state index in [1.165, 1.54) is 29.2 Å². The van der Waals surface area contributed by atoms with Gasteiger partial charge in [-0.25, -0.2) is 4.79 Å². The number of guanidine groups is 2. The Balaban J connectivity index is 1.76. The minimum atomic E-state index is -1.79. The molecule has 1 aliphatic heterocycles. The van der Waals surface area contributed by atoms with Crippen molar-refractivity contribution in [2.75, 3.05) is 50.9 Å². The van der Waals surface area contributed by atoms with Crippen LogP contribution in [-0.4, -0.2) is 266 Å². The van der Waals surface area contributed by atoms with Gasteiger partial charge in [-0.2, -0.15) is 25.3 Å². The van der Waals surface area contributed by atoms with Gasteiger partial charge in [0.15, 0.2) is 11.9 Å². The third-order valence-electron chi connectivity index (χ3n) is 20.1. The number of nitrogens with one attached hydrogen (secondary N) is 12. The molecule has 0 radical (unpaired) electrons. The molecule has 16 atom stereocenters. The monoisotopic (exact) mass is 1740 g/mol. The fourth-order valence-electron chi connectivity index (χ4n) is 12.9. The van der Waals surface area contributed by atoms with E-state index in [1.54, 1.807) is 78.8 Å². The van der Waals surface area contributed by atoms with E-state index in [0.29, 0.717) is 12.0 Å². The van der Waals surface area contributed by atoms with E-state index < -0.39 is 248 Å². The number of nitrogens with zero attached hydrogens (tertiary/aromatic N) is 3. The second kappa shape index (κ2) is 53.5. The molecule has 29 N–H and O–H groups in total. The van der Waals surface area contributed by atoms with Crippen LogP contribution < -0.4 is 98.2 Å². The molecule has 3 rings (SSSR count). The number of thiol groups is 2. The highest BCUT2D eigenvalue weighted by Gasteiger charge is 2.44. The number of aliphatic hydroxyl groups excluding tert-OH is 2. The van der Waals surface area contributed by atoms with Crippen LogP contribution in [0.1, 0.15) is 137 Å². The van der Waals surface area contributed by atoms with Gasteiger partial charge in [0.25, 0.3) is 0 Å². The van der Waals surface area contributed by atoms with Crippen molar-refractivity contribution in [2.45, 2.75) is 217 Å². The molecule has 0 bridgehead atoms. The molecular weight excluding hydrogens is 1620 g/mol. The van der Waals surface area contributed by atoms with Crippen LogP contribution in [0.15, 0.2) is 64.6 Å². The fraction of sp³-hybridized carbons (Fsp3) is 0.610. The maximum atomic E-state index is 14.4. The van der Waals surface area contributed by atoms with Gasteiger partial charge in [-0.05, 0) is 112 Å². The number of carbonyl (C=O) groups excluding carboxylic acids is 14. The highest BCUT2D eigenvalue weighted by molar-refractivity contribution is 7.80. The van der Waals surface area contributed by atoms with Crippen molar-refractivity contribution in [3.8, 4) is 5.75 Å². The number of carboxylic acids is 2. The molecule has 1 heterocycles. The lowest BCUT2D eigenvalue weighted by molar-refractivity contribution is -0.142. The summed E-state index contributed by atoms with van der Waals surface area (Å²) in [6.07, 6.45) is -1.50. The maximum Gasteiger partial charge on any atom is 0.326 e. The lowest BCUT2D eigenvalue weighted by atomic mass is 9.88. The number of nitrogens with two attached hydrogens (primary N) is 6. The number of benzene rings is 2. The van der Waals surface area contributed by atoms with E-state index in [0.717, 1.165) is 5.56 Å². The molecule has 14 amide bonds. The lowest BCUT2D eigenvalue weighted by Gasteiger charge is -2.34. The quantitative estimate of drug-likeness (QED) is 0.0127. The summed E-state index contributed by atoms with van der Waals surface area (Å²) >= 11 is 8.46. The van der Waals surface area contributed by atoms with Crippen LogP contribution in [0.25, 0.3) is 0 Å². The number of amides is 14. The zero-order chi connectivity index (χ0) is 90.9. The van der Waals surface area contributed by atoms with E-state index >= 15 is 0 Å². The van der Waals surface area contributed by atoms with E-state index in [2.05, 4.69) is 99.0 Å². The van der Waals surface area contributed by atoms with E-state index in [-0.39, 0.29) is 107 Å². The number of carboxylic acid groups (broad SMARTS) is 2. The molecule has 1 aliphatic rings. The number of likely N-dealkylation sites (tertiary alicyclic amines) is 1. The minimum Gasteiger partial charge on any atom is -0.508 e. The first-order chi connectivity index (χ1) is 57.1. The molecule has 3 unspecified atom stereocenters. The molecule has 2 aromatic carbocycles. The van der Waals surface area contributed by atoms with Gasteiger partial charge in [0.1, 0.15) is 66.2 Å². The third-order valence-corrected chi connectivity index (χ3v) is 20.8. The number of aliphatic hydroxyl groups is 2. The van der Waals surface area contributed by atoms with Gasteiger partial charge in [-0.3, -0.25) is 81.9 Å². The Morgan fingerprint density at radius 1 is 0.512 bits per heavy atom. The molecule has 1 saturated heterocycles. The van der Waals surface area contributed by atoms with Crippen LogP contribution >= 0.6 is 25.3 Å². The molecule has 0 spiro atoms. The predicted molar refractivity (Wildman–Crippen MR) is 450 cm³/mol. The summed E-state index contributed by atoms with van der Waals surface area (Å²) in [5.74, 6) is -20.4. The van der Waals surface area contributed by atoms with Crippen molar-refractivity contribution in [1.82, 2.24) is 68.7 Å². The summed E-state index contributed by atoms with van der Waals surface area (Å²) in [7, 11) is 0. The zero-order valence-corrected chi connectivity index (χ0v) is 70.9. The summed E-state index contributed by atoms with van der Waals surface area (Å²) in [4.78, 5) is 227. The van der Waals surface area contributed by atoms with Crippen LogP contribution in [0, 0.1) is 29.6 Å². The zero-order valence-electron chi connectivity index (χ0n) is 69.1. The molecule has 1 fully saturated rings. The Bertz CT molecular complexity index is 3880. The van der Waals surface area contributed by atoms with Crippen LogP contribution in [0.3, 0.4) is 0 Å². The van der Waals surface area contributed by atoms with Crippen molar-refractivity contribution >= 4 is 132 Å². The average molecular weight is 1740 g/mol. The smallest absolute Gasteiger partial charge is 0.326 e. The normalized spacial score (nSPS) is 16.5. The number of rotatable bonds is 56. The lowest BCUT2D eigenvalue weighted by Crippen LogP contribution is -2.62. The van der Waals surface area contributed by atoms with Gasteiger partial charge in [0, 0.05) is 74.3 Å². The van der Waals surface area contributed by atoms with Crippen molar-refractivity contribution < 1.29 is 102 Å². The number of primary amides is 1. The van der Waals surface area contributed by atoms with Gasteiger partial charge in [0.2, 0.25) is 82.7 Å². The number of phenols is 1. The molecule has 674 valence electrons. The number of hydrogen-bond donors (Lipinski definition) is 25. The molecule has 0 saturated carbocycles. The molecule has 0 aromatic heterocycles. The van der Waals surface area contributed by atoms with Crippen LogP contribution in [-0.2, 0) is 89.6 Å². The Labute approximate surface area is 712 Å². The SMILES string of the molecule is CC[C@H](C)[C@H](NC(=O)[C@H](CCCN=C(N)N)N1C(=O)[C@@H](N)CC1C)C(=O)N[C@H](C(=O)N[C@@H](CCC(N)=O)C(=O)N[C@@H](CS)C(=O)N[C@@H](CCCN=C(N)N)C(=O)NC(CO)C(=O)N[C@H](C[C@@H](CCC(=O)O)C(=O)NCC(=O)N[C@@H](CO)C(=O)N[C@@H](CS)C(=O)NCCC(Cc1ccccc1)C(=O)N[C@@H](Cc1ccc(O)cc1)C(=O)O)C(C)C)C(C)C. The van der Waals surface area contributed by atoms with Gasteiger partial charge >= 0.3 is 11.9 Å². The van der Waals surface area contributed by atoms with Gasteiger partial charge in [-0.15, -0.1) is 0 Å². The van der Waals surface area contributed by atoms with Crippen molar-refractivity contribution in [1.29, 1.82) is 0 Å². The van der Waals surface area contributed by atoms with Gasteiger partial charge in [0.05, 0.1) is 25.8 Å². The number of carbonyl (C=O) groups is 16. The van der Waals surface area contributed by atoms with Gasteiger partial charge in [-0.1, -0.05) is 90.4 Å². The number of aliphatic carboxylic acids is 2. The first-order valence-corrected chi connectivity index (χ1v) is 41.1. The molecule has 44 heteroatoms. The number of aliphatic imine (C=N–C) groups is 2. The summed E-state index contributed by atoms with van der Waals surface area (Å²) in [6, 6.07) is -2.71. The Hall–Kier alpha value is -11.1. The second-order valence-corrected chi connectivity index (χ2v) is 31.0. The molecular formula is C77H123N21O21S2.